The highest BCUT2D eigenvalue weighted by atomic mass is 16.2. The summed E-state index contributed by atoms with van der Waals surface area (Å²) in [5, 5.41) is 12.3. The van der Waals surface area contributed by atoms with Crippen LogP contribution in [0.25, 0.3) is 0 Å². The first-order valence-corrected chi connectivity index (χ1v) is 7.79. The van der Waals surface area contributed by atoms with Crippen LogP contribution in [0.15, 0.2) is 47.8 Å². The SMILES string of the molecule is CN1N=C(C(=O)NCc2cnn(Cc3ccccc3)c2)CCC1=O. The summed E-state index contributed by atoms with van der Waals surface area (Å²) in [5.74, 6) is -0.320. The van der Waals surface area contributed by atoms with Crippen LogP contribution in [0, 0.1) is 0 Å². The van der Waals surface area contributed by atoms with E-state index in [-0.39, 0.29) is 11.8 Å². The first kappa shape index (κ1) is 15.9. The van der Waals surface area contributed by atoms with Gasteiger partial charge >= 0.3 is 0 Å². The first-order valence-electron chi connectivity index (χ1n) is 7.79. The maximum atomic E-state index is 12.1. The number of benzene rings is 1. The van der Waals surface area contributed by atoms with Crippen LogP contribution >= 0.6 is 0 Å². The smallest absolute Gasteiger partial charge is 0.267 e. The molecule has 0 unspecified atom stereocenters. The molecule has 1 aliphatic rings. The number of carbonyl (C=O) groups excluding carboxylic acids is 2. The van der Waals surface area contributed by atoms with Crippen molar-refractivity contribution < 1.29 is 9.59 Å². The van der Waals surface area contributed by atoms with Gasteiger partial charge in [-0.3, -0.25) is 14.3 Å². The van der Waals surface area contributed by atoms with Crippen molar-refractivity contribution >= 4 is 17.5 Å². The van der Waals surface area contributed by atoms with E-state index in [1.54, 1.807) is 13.2 Å². The van der Waals surface area contributed by atoms with Gasteiger partial charge < -0.3 is 5.32 Å². The minimum absolute atomic E-state index is 0.0752. The summed E-state index contributed by atoms with van der Waals surface area (Å²) in [7, 11) is 1.56. The zero-order valence-corrected chi connectivity index (χ0v) is 13.5. The molecule has 2 amide bonds. The first-order chi connectivity index (χ1) is 11.6. The fraction of sp³-hybridized carbons (Fsp3) is 0.294. The van der Waals surface area contributed by atoms with Crippen molar-refractivity contribution in [1.29, 1.82) is 0 Å². The van der Waals surface area contributed by atoms with Crippen molar-refractivity contribution in [2.75, 3.05) is 7.05 Å². The van der Waals surface area contributed by atoms with E-state index < -0.39 is 0 Å². The Hall–Kier alpha value is -2.96. The molecular formula is C17H19N5O2. The molecule has 0 radical (unpaired) electrons. The zero-order chi connectivity index (χ0) is 16.9. The largest absolute Gasteiger partial charge is 0.347 e. The molecule has 1 N–H and O–H groups in total. The third-order valence-corrected chi connectivity index (χ3v) is 3.80. The minimum atomic E-state index is -0.245. The molecule has 3 rings (SSSR count). The van der Waals surface area contributed by atoms with Gasteiger partial charge in [0.2, 0.25) is 5.91 Å². The van der Waals surface area contributed by atoms with Gasteiger partial charge in [-0.25, -0.2) is 5.01 Å². The lowest BCUT2D eigenvalue weighted by Gasteiger charge is -2.18. The second-order valence-corrected chi connectivity index (χ2v) is 5.68. The van der Waals surface area contributed by atoms with Gasteiger partial charge in [0.15, 0.2) is 0 Å². The van der Waals surface area contributed by atoms with Crippen molar-refractivity contribution in [1.82, 2.24) is 20.1 Å². The summed E-state index contributed by atoms with van der Waals surface area (Å²) >= 11 is 0. The van der Waals surface area contributed by atoms with Crippen LogP contribution in [0.4, 0.5) is 0 Å². The molecule has 7 heteroatoms. The van der Waals surface area contributed by atoms with Gasteiger partial charge in [-0.15, -0.1) is 0 Å². The van der Waals surface area contributed by atoms with Gasteiger partial charge in [-0.05, 0) is 5.56 Å². The van der Waals surface area contributed by atoms with Crippen LogP contribution in [0.1, 0.15) is 24.0 Å². The lowest BCUT2D eigenvalue weighted by molar-refractivity contribution is -0.130. The van der Waals surface area contributed by atoms with E-state index in [2.05, 4.69) is 15.5 Å². The molecule has 1 aromatic carbocycles. The molecular weight excluding hydrogens is 306 g/mol. The summed E-state index contributed by atoms with van der Waals surface area (Å²) in [4.78, 5) is 23.5. The number of amides is 2. The zero-order valence-electron chi connectivity index (χ0n) is 13.5. The van der Waals surface area contributed by atoms with Crippen LogP contribution in [0.3, 0.4) is 0 Å². The average Bonchev–Trinajstić information content (AvgIpc) is 3.03. The monoisotopic (exact) mass is 325 g/mol. The summed E-state index contributed by atoms with van der Waals surface area (Å²) in [6, 6.07) is 10.1. The van der Waals surface area contributed by atoms with E-state index in [0.717, 1.165) is 5.56 Å². The Morgan fingerprint density at radius 1 is 1.21 bits per heavy atom. The molecule has 2 aromatic rings. The highest BCUT2D eigenvalue weighted by molar-refractivity contribution is 6.39. The molecule has 124 valence electrons. The molecule has 0 bridgehead atoms. The molecule has 0 fully saturated rings. The van der Waals surface area contributed by atoms with E-state index >= 15 is 0 Å². The van der Waals surface area contributed by atoms with Gasteiger partial charge in [-0.2, -0.15) is 10.2 Å². The quantitative estimate of drug-likeness (QED) is 0.896. The van der Waals surface area contributed by atoms with E-state index in [0.29, 0.717) is 31.6 Å². The molecule has 0 saturated heterocycles. The predicted octanol–water partition coefficient (Wildman–Crippen LogP) is 1.16. The van der Waals surface area contributed by atoms with Gasteiger partial charge in [0.05, 0.1) is 12.7 Å². The summed E-state index contributed by atoms with van der Waals surface area (Å²) in [6.45, 7) is 1.07. The van der Waals surface area contributed by atoms with Crippen molar-refractivity contribution in [3.8, 4) is 0 Å². The Balaban J connectivity index is 1.55. The second kappa shape index (κ2) is 7.08. The second-order valence-electron chi connectivity index (χ2n) is 5.68. The third kappa shape index (κ3) is 3.87. The van der Waals surface area contributed by atoms with Crippen molar-refractivity contribution in [2.45, 2.75) is 25.9 Å². The van der Waals surface area contributed by atoms with E-state index in [4.69, 9.17) is 0 Å². The molecule has 24 heavy (non-hydrogen) atoms. The van der Waals surface area contributed by atoms with Gasteiger partial charge in [0.1, 0.15) is 5.71 Å². The molecule has 0 spiro atoms. The summed E-state index contributed by atoms with van der Waals surface area (Å²) in [5.41, 5.74) is 2.47. The molecule has 2 heterocycles. The van der Waals surface area contributed by atoms with Crippen LogP contribution in [0.5, 0.6) is 0 Å². The fourth-order valence-corrected chi connectivity index (χ4v) is 2.47. The number of hydrazone groups is 1. The number of nitrogens with zero attached hydrogens (tertiary/aromatic N) is 4. The standard InChI is InChI=1S/C17H19N5O2/c1-21-16(23)8-7-15(20-21)17(24)18-9-14-10-19-22(12-14)11-13-5-3-2-4-6-13/h2-6,10,12H,7-9,11H2,1H3,(H,18,24). The van der Waals surface area contributed by atoms with Crippen molar-refractivity contribution in [3.05, 3.63) is 53.9 Å². The number of nitrogens with one attached hydrogen (secondary N) is 1. The number of carbonyl (C=O) groups is 2. The van der Waals surface area contributed by atoms with E-state index in [1.807, 2.05) is 41.2 Å². The summed E-state index contributed by atoms with van der Waals surface area (Å²) in [6.07, 6.45) is 4.34. The third-order valence-electron chi connectivity index (χ3n) is 3.80. The molecule has 0 aliphatic carbocycles. The van der Waals surface area contributed by atoms with Crippen LogP contribution in [-0.4, -0.2) is 39.4 Å². The average molecular weight is 325 g/mol. The van der Waals surface area contributed by atoms with E-state index in [9.17, 15) is 9.59 Å². The number of hydrogen-bond donors (Lipinski definition) is 1. The highest BCUT2D eigenvalue weighted by Gasteiger charge is 2.21. The number of hydrogen-bond acceptors (Lipinski definition) is 4. The highest BCUT2D eigenvalue weighted by Crippen LogP contribution is 2.08. The molecule has 0 atom stereocenters. The Labute approximate surface area is 140 Å². The van der Waals surface area contributed by atoms with Crippen LogP contribution in [0.2, 0.25) is 0 Å². The fourth-order valence-electron chi connectivity index (χ4n) is 2.47. The van der Waals surface area contributed by atoms with Crippen LogP contribution < -0.4 is 5.32 Å². The Morgan fingerprint density at radius 2 is 2.00 bits per heavy atom. The van der Waals surface area contributed by atoms with Crippen LogP contribution in [-0.2, 0) is 22.7 Å². The topological polar surface area (TPSA) is 79.6 Å². The maximum absolute atomic E-state index is 12.1. The lowest BCUT2D eigenvalue weighted by atomic mass is 10.1. The van der Waals surface area contributed by atoms with Gasteiger partial charge in [0.25, 0.3) is 5.91 Å². The van der Waals surface area contributed by atoms with E-state index in [1.165, 1.54) is 10.6 Å². The number of aromatic nitrogens is 2. The Kier molecular flexibility index (Phi) is 4.69. The summed E-state index contributed by atoms with van der Waals surface area (Å²) < 4.78 is 1.83. The molecule has 1 aliphatic heterocycles. The molecule has 1 aromatic heterocycles. The lowest BCUT2D eigenvalue weighted by Crippen LogP contribution is -2.37. The maximum Gasteiger partial charge on any atom is 0.267 e. The Morgan fingerprint density at radius 3 is 2.75 bits per heavy atom. The minimum Gasteiger partial charge on any atom is -0.347 e. The van der Waals surface area contributed by atoms with Gasteiger partial charge in [-0.1, -0.05) is 30.3 Å². The number of rotatable bonds is 5. The Bertz CT molecular complexity index is 766. The van der Waals surface area contributed by atoms with Gasteiger partial charge in [0, 0.05) is 38.2 Å². The van der Waals surface area contributed by atoms with Crippen molar-refractivity contribution in [2.24, 2.45) is 5.10 Å². The predicted molar refractivity (Wildman–Crippen MR) is 89.1 cm³/mol. The molecule has 0 saturated carbocycles. The molecule has 7 nitrogen and oxygen atoms in total. The van der Waals surface area contributed by atoms with Crippen molar-refractivity contribution in [3.63, 3.8) is 0 Å². The normalized spacial score (nSPS) is 14.5.